The van der Waals surface area contributed by atoms with Crippen LogP contribution in [0.25, 0.3) is 0 Å². The number of anilines is 23. The number of phenols is 3. The van der Waals surface area contributed by atoms with Crippen molar-refractivity contribution in [2.75, 3.05) is 71.3 Å². The average Bonchev–Trinajstić information content (AvgIpc) is 0.799. The number of benzene rings is 15. The average molecular weight is 1950 g/mol. The van der Waals surface area contributed by atoms with E-state index in [1.165, 1.54) is 24.3 Å². The van der Waals surface area contributed by atoms with Crippen LogP contribution in [-0.2, 0) is 30.4 Å². The second-order valence-corrected chi connectivity index (χ2v) is 36.8. The van der Waals surface area contributed by atoms with Crippen molar-refractivity contribution in [1.82, 2.24) is 0 Å². The number of nitrogens with zero attached hydrogens (tertiary/aromatic N) is 6. The molecular weight excluding hydrogens is 1860 g/mol. The van der Waals surface area contributed by atoms with E-state index in [1.807, 2.05) is 304 Å². The molecule has 0 unspecified atom stereocenters. The van der Waals surface area contributed by atoms with Gasteiger partial charge in [0.15, 0.2) is 0 Å². The maximum Gasteiger partial charge on any atom is 0.296 e. The summed E-state index contributed by atoms with van der Waals surface area (Å²) in [5.74, 6) is -0.802. The zero-order chi connectivity index (χ0) is 99.6. The predicted octanol–water partition coefficient (Wildman–Crippen LogP) is 26.5. The molecule has 0 radical (unpaired) electrons. The van der Waals surface area contributed by atoms with Gasteiger partial charge in [-0.1, -0.05) is 35.9 Å². The van der Waals surface area contributed by atoms with Gasteiger partial charge in [-0.05, 0) is 365 Å². The highest BCUT2D eigenvalue weighted by Gasteiger charge is 2.24. The van der Waals surface area contributed by atoms with Crippen LogP contribution in [0.4, 0.5) is 159 Å². The number of nitrogens with one attached hydrogen (secondary N) is 11. The van der Waals surface area contributed by atoms with E-state index in [1.54, 1.807) is 79.8 Å². The number of allylic oxidation sites excluding steroid dienone is 12. The van der Waals surface area contributed by atoms with Crippen LogP contribution >= 0.6 is 0 Å². The molecule has 18 rings (SSSR count). The van der Waals surface area contributed by atoms with Gasteiger partial charge in [-0.3, -0.25) is 18.7 Å². The summed E-state index contributed by atoms with van der Waals surface area (Å²) in [6, 6.07) is 99.0. The molecule has 33 heteroatoms. The van der Waals surface area contributed by atoms with E-state index in [0.29, 0.717) is 28.4 Å². The second-order valence-electron chi connectivity index (χ2n) is 32.6. The predicted molar refractivity (Wildman–Crippen MR) is 580 cm³/mol. The molecule has 0 bridgehead atoms. The summed E-state index contributed by atoms with van der Waals surface area (Å²) in [5, 5.41) is 66.9. The second kappa shape index (κ2) is 43.5. The first kappa shape index (κ1) is 96.2. The zero-order valence-corrected chi connectivity index (χ0v) is 78.8. The molecule has 15 aromatic carbocycles. The number of hydrogen-bond donors (Lipinski definition) is 18. The maximum absolute atomic E-state index is 12.6. The van der Waals surface area contributed by atoms with Crippen molar-refractivity contribution in [3.05, 3.63) is 412 Å². The normalized spacial score (nSPS) is 12.5. The summed E-state index contributed by atoms with van der Waals surface area (Å²) < 4.78 is 104. The lowest BCUT2D eigenvalue weighted by molar-refractivity contribution is 0.473. The third-order valence-corrected chi connectivity index (χ3v) is 24.7. The van der Waals surface area contributed by atoms with Crippen molar-refractivity contribution >= 4 is 224 Å². The van der Waals surface area contributed by atoms with Crippen LogP contribution in [0, 0.1) is 6.92 Å². The van der Waals surface area contributed by atoms with Crippen molar-refractivity contribution in [2.24, 2.45) is 30.0 Å². The molecule has 0 saturated heterocycles. The Hall–Kier alpha value is -18.5. The molecule has 0 spiro atoms. The molecule has 0 atom stereocenters. The minimum Gasteiger partial charge on any atom is -0.506 e. The van der Waals surface area contributed by atoms with Gasteiger partial charge in [0.1, 0.15) is 31.9 Å². The van der Waals surface area contributed by atoms with Crippen molar-refractivity contribution in [3.63, 3.8) is 0 Å². The SMILES string of the molecule is CN=C1C=CC(=Nc2ccc(Nc3ccc(Nc4cc(S(=O)(=O)O)c(Nc5ccc(Nc6ccc(N=C7C=CC(=Nc8ccc(Nc9ccccc9)cc8)C=C7)cc6)cc5)cc4O)cc3)cc2)C=C1.Cc1ccc(Nc2ccc(Nc3cc(O)c(Nc4ccc(Nc5ccc(N=C6C=CC(=Nc7ccc(Nc8ccc(Nc9cc(O)c(N)cc9S(=O)(=O)O)cc8)cc7)C=C6)cc5)cc4)cc3S(=O)(=O)O)cc2)cc1. The van der Waals surface area contributed by atoms with Crippen LogP contribution in [0.3, 0.4) is 0 Å². The van der Waals surface area contributed by atoms with E-state index in [4.69, 9.17) is 25.7 Å². The molecule has 0 saturated carbocycles. The van der Waals surface area contributed by atoms with Crippen LogP contribution in [0.1, 0.15) is 5.56 Å². The number of aryl methyl sites for hydroxylation is 1. The summed E-state index contributed by atoms with van der Waals surface area (Å²) >= 11 is 0. The number of aliphatic imine (C=N–C) groups is 6. The van der Waals surface area contributed by atoms with Gasteiger partial charge < -0.3 is 79.5 Å². The molecule has 0 heterocycles. The summed E-state index contributed by atoms with van der Waals surface area (Å²) in [6.45, 7) is 2.01. The van der Waals surface area contributed by atoms with Gasteiger partial charge in [-0.2, -0.15) is 25.3 Å². The molecule has 3 aliphatic carbocycles. The smallest absolute Gasteiger partial charge is 0.296 e. The van der Waals surface area contributed by atoms with Crippen molar-refractivity contribution in [1.29, 1.82) is 0 Å². The van der Waals surface area contributed by atoms with E-state index >= 15 is 0 Å². The number of nitrogens with two attached hydrogens (primary N) is 1. The Morgan fingerprint density at radius 2 is 0.399 bits per heavy atom. The minimum absolute atomic E-state index is 0.00271. The molecular formula is C110H92N18O12S3. The van der Waals surface area contributed by atoms with Gasteiger partial charge in [0.05, 0.1) is 96.8 Å². The molecule has 143 heavy (non-hydrogen) atoms. The summed E-state index contributed by atoms with van der Waals surface area (Å²) in [6.07, 6.45) is 22.9. The van der Waals surface area contributed by atoms with Crippen LogP contribution in [-0.4, -0.2) is 95.5 Å². The molecule has 0 aromatic heterocycles. The highest BCUT2D eigenvalue weighted by Crippen LogP contribution is 2.42. The Kier molecular flexibility index (Phi) is 29.2. The number of aromatic hydroxyl groups is 3. The van der Waals surface area contributed by atoms with Gasteiger partial charge in [-0.25, -0.2) is 25.0 Å². The van der Waals surface area contributed by atoms with Gasteiger partial charge in [0, 0.05) is 122 Å². The first-order chi connectivity index (χ1) is 69.0. The van der Waals surface area contributed by atoms with Gasteiger partial charge >= 0.3 is 0 Å². The Balaban J connectivity index is 0.000000197. The van der Waals surface area contributed by atoms with Crippen molar-refractivity contribution in [2.45, 2.75) is 21.6 Å². The van der Waals surface area contributed by atoms with Gasteiger partial charge in [0.2, 0.25) is 0 Å². The van der Waals surface area contributed by atoms with E-state index in [0.717, 1.165) is 149 Å². The Morgan fingerprint density at radius 1 is 0.217 bits per heavy atom. The fourth-order valence-electron chi connectivity index (χ4n) is 14.7. The molecule has 3 aliphatic rings. The lowest BCUT2D eigenvalue weighted by Crippen LogP contribution is -2.05. The topological polar surface area (TPSA) is 456 Å². The van der Waals surface area contributed by atoms with Crippen LogP contribution < -0.4 is 64.2 Å². The highest BCUT2D eigenvalue weighted by atomic mass is 32.2. The Bertz CT molecular complexity index is 7960. The lowest BCUT2D eigenvalue weighted by Gasteiger charge is -2.16. The molecule has 19 N–H and O–H groups in total. The van der Waals surface area contributed by atoms with E-state index in [9.17, 15) is 54.2 Å². The van der Waals surface area contributed by atoms with Gasteiger partial charge in [-0.15, -0.1) is 0 Å². The summed E-state index contributed by atoms with van der Waals surface area (Å²) in [4.78, 5) is 26.5. The van der Waals surface area contributed by atoms with Crippen LogP contribution in [0.15, 0.2) is 451 Å². The minimum atomic E-state index is -4.71. The number of nitrogen functional groups attached to an aromatic ring is 1. The maximum atomic E-state index is 12.6. The first-order valence-electron chi connectivity index (χ1n) is 44.4. The van der Waals surface area contributed by atoms with Crippen LogP contribution in [0.5, 0.6) is 17.2 Å². The molecule has 0 aliphatic heterocycles. The van der Waals surface area contributed by atoms with E-state index in [2.05, 4.69) is 68.5 Å². The monoisotopic (exact) mass is 1950 g/mol. The largest absolute Gasteiger partial charge is 0.506 e. The molecule has 712 valence electrons. The first-order valence-corrected chi connectivity index (χ1v) is 48.7. The fourth-order valence-corrected chi connectivity index (χ4v) is 16.7. The van der Waals surface area contributed by atoms with E-state index in [-0.39, 0.29) is 51.4 Å². The van der Waals surface area contributed by atoms with Crippen molar-refractivity contribution in [3.8, 4) is 17.2 Å². The zero-order valence-electron chi connectivity index (χ0n) is 76.3. The number of hydrogen-bond acceptors (Lipinski definition) is 27. The third kappa shape index (κ3) is 26.7. The summed E-state index contributed by atoms with van der Waals surface area (Å²) in [7, 11) is -12.3. The third-order valence-electron chi connectivity index (χ3n) is 22.0. The van der Waals surface area contributed by atoms with Crippen LogP contribution in [0.2, 0.25) is 0 Å². The lowest BCUT2D eigenvalue weighted by atomic mass is 10.1. The molecule has 15 aromatic rings. The summed E-state index contributed by atoms with van der Waals surface area (Å²) in [5.41, 5.74) is 28.4. The quantitative estimate of drug-likeness (QED) is 0.00860. The number of para-hydroxylation sites is 1. The highest BCUT2D eigenvalue weighted by molar-refractivity contribution is 7.86. The molecule has 0 fully saturated rings. The number of phenolic OH excluding ortho intramolecular Hbond substituents is 3. The van der Waals surface area contributed by atoms with E-state index < -0.39 is 45.0 Å². The molecule has 30 nitrogen and oxygen atoms in total. The van der Waals surface area contributed by atoms with Gasteiger partial charge in [0.25, 0.3) is 30.4 Å². The van der Waals surface area contributed by atoms with Crippen molar-refractivity contribution < 1.29 is 54.2 Å². The Labute approximate surface area is 824 Å². The molecule has 0 amide bonds. The Morgan fingerprint density at radius 3 is 0.622 bits per heavy atom. The fraction of sp³-hybridized carbons (Fsp3) is 0.0182. The standard InChI is InChI=1S/C55H47N9O8S2.C55H45N9O4S/c1-34-2-4-35(5-3-34)57-42-20-28-47(29-21-42)64-51-32-53(66)49(33-55(51)74(70,71)72)62-45-24-18-43(19-25-45)60-40-14-10-38(11-15-40)58-36-6-8-37(9-7-36)59-39-12-16-41(17-13-39)61-44-22-26-46(27-23-44)63-50-31-52(65)48(56)30-54(50)73(67,68)69;1-56-37-7-9-39(10-8-37)58-41-15-17-46(18-16-41)61-48-27-31-50(32-28-48)63-52-36-55(69(66,67)68)53(35-54(52)65)64-51-33-29-49(30-34-51)62-47-25-23-45(24-26-47)60-44-21-19-43(20-22-44)59-42-13-11-40(12-14-42)57-38-5-3-2-4-6-38/h2-33,57,60-66H,56H2,1H3,(H,67,68,69)(H,70,71,72);2-36,57,61-65H,1H3,(H,66,67,68). The number of rotatable bonds is 30.